The molecule has 1 saturated heterocycles. The lowest BCUT2D eigenvalue weighted by Crippen LogP contribution is -2.61. The molecule has 0 spiro atoms. The highest BCUT2D eigenvalue weighted by Gasteiger charge is 2.47. The predicted octanol–water partition coefficient (Wildman–Crippen LogP) is 2.58. The average molecular weight is 281 g/mol. The van der Waals surface area contributed by atoms with Crippen LogP contribution in [0.15, 0.2) is 60.7 Å². The van der Waals surface area contributed by atoms with E-state index < -0.39 is 0 Å². The lowest BCUT2D eigenvalue weighted by atomic mass is 9.75. The highest BCUT2D eigenvalue weighted by Crippen LogP contribution is 2.36. The number of hydroxylamine groups is 2. The maximum Gasteiger partial charge on any atom is 0.511 e. The van der Waals surface area contributed by atoms with Crippen molar-refractivity contribution in [3.63, 3.8) is 0 Å². The third kappa shape index (κ3) is 2.51. The van der Waals surface area contributed by atoms with Gasteiger partial charge in [-0.05, 0) is 24.9 Å². The van der Waals surface area contributed by atoms with Crippen LogP contribution in [0.2, 0.25) is 0 Å². The number of benzene rings is 2. The first-order valence-corrected chi connectivity index (χ1v) is 7.29. The molecule has 0 aliphatic carbocycles. The van der Waals surface area contributed by atoms with E-state index in [1.54, 1.807) is 0 Å². The molecule has 1 heterocycles. The van der Waals surface area contributed by atoms with Crippen LogP contribution in [-0.2, 0) is 14.9 Å². The molecule has 2 atom stereocenters. The molecule has 21 heavy (non-hydrogen) atoms. The molecule has 0 amide bonds. The lowest BCUT2D eigenvalue weighted by Gasteiger charge is -2.48. The van der Waals surface area contributed by atoms with Crippen LogP contribution in [0.1, 0.15) is 19.4 Å². The third-order valence-corrected chi connectivity index (χ3v) is 4.46. The topological polar surface area (TPSA) is 21.7 Å². The number of likely N-dealkylation sites (N-methyl/N-ethyl adjacent to an activating group) is 1. The zero-order valence-electron chi connectivity index (χ0n) is 12.7. The predicted molar refractivity (Wildman–Crippen MR) is 85.0 cm³/mol. The van der Waals surface area contributed by atoms with Crippen molar-refractivity contribution in [3.05, 3.63) is 66.2 Å². The van der Waals surface area contributed by atoms with Crippen molar-refractivity contribution in [2.75, 3.05) is 7.05 Å². The number of hydrogen-bond acceptors (Lipinski definition) is 3. The molecule has 3 nitrogen and oxygen atoms in total. The molecule has 4 heteroatoms. The molecule has 0 N–H and O–H groups in total. The molecule has 2 aromatic rings. The van der Waals surface area contributed by atoms with Crippen molar-refractivity contribution in [1.29, 1.82) is 0 Å². The standard InChI is InChI=1S/C17H20BNO2/c1-14-17(2,15-10-6-4-7-11-15)19(3)21-18(20-14)16-12-8-5-9-13-16/h4-14H,1-3H3. The second-order valence-corrected chi connectivity index (χ2v) is 5.64. The highest BCUT2D eigenvalue weighted by atomic mass is 16.7. The van der Waals surface area contributed by atoms with Crippen molar-refractivity contribution in [1.82, 2.24) is 5.06 Å². The summed E-state index contributed by atoms with van der Waals surface area (Å²) in [5.74, 6) is 0. The van der Waals surface area contributed by atoms with Gasteiger partial charge < -0.3 is 9.41 Å². The minimum atomic E-state index is -0.358. The number of rotatable bonds is 2. The van der Waals surface area contributed by atoms with E-state index in [0.29, 0.717) is 0 Å². The van der Waals surface area contributed by atoms with Gasteiger partial charge in [-0.1, -0.05) is 60.7 Å². The van der Waals surface area contributed by atoms with Gasteiger partial charge in [0, 0.05) is 7.05 Å². The zero-order chi connectivity index (χ0) is 14.9. The van der Waals surface area contributed by atoms with Crippen LogP contribution in [0.3, 0.4) is 0 Å². The fraction of sp³-hybridized carbons (Fsp3) is 0.294. The van der Waals surface area contributed by atoms with Gasteiger partial charge in [0.1, 0.15) is 0 Å². The van der Waals surface area contributed by atoms with Crippen molar-refractivity contribution in [2.24, 2.45) is 0 Å². The van der Waals surface area contributed by atoms with Crippen molar-refractivity contribution in [3.8, 4) is 0 Å². The number of nitrogens with zero attached hydrogens (tertiary/aromatic N) is 1. The van der Waals surface area contributed by atoms with Gasteiger partial charge in [-0.25, -0.2) is 0 Å². The van der Waals surface area contributed by atoms with E-state index in [1.807, 2.05) is 60.6 Å². The largest absolute Gasteiger partial charge is 0.511 e. The first kappa shape index (κ1) is 14.3. The first-order valence-electron chi connectivity index (χ1n) is 7.29. The molecular formula is C17H20BNO2. The molecule has 0 aromatic heterocycles. The summed E-state index contributed by atoms with van der Waals surface area (Å²) in [5.41, 5.74) is 1.91. The van der Waals surface area contributed by atoms with E-state index in [0.717, 1.165) is 5.46 Å². The Morgan fingerprint density at radius 1 is 1.00 bits per heavy atom. The Labute approximate surface area is 126 Å². The van der Waals surface area contributed by atoms with E-state index >= 15 is 0 Å². The van der Waals surface area contributed by atoms with Gasteiger partial charge in [0.15, 0.2) is 0 Å². The van der Waals surface area contributed by atoms with Crippen LogP contribution in [0.25, 0.3) is 0 Å². The SMILES string of the molecule is CC1OB(c2ccccc2)ON(C)C1(C)c1ccccc1. The van der Waals surface area contributed by atoms with Crippen LogP contribution in [0.4, 0.5) is 0 Å². The fourth-order valence-electron chi connectivity index (χ4n) is 2.79. The van der Waals surface area contributed by atoms with Gasteiger partial charge >= 0.3 is 7.12 Å². The Morgan fingerprint density at radius 3 is 2.14 bits per heavy atom. The molecule has 1 fully saturated rings. The van der Waals surface area contributed by atoms with Gasteiger partial charge in [-0.2, -0.15) is 5.06 Å². The van der Waals surface area contributed by atoms with Crippen LogP contribution in [-0.4, -0.2) is 25.3 Å². The normalized spacial score (nSPS) is 26.8. The van der Waals surface area contributed by atoms with Crippen molar-refractivity contribution >= 4 is 12.6 Å². The maximum atomic E-state index is 6.15. The summed E-state index contributed by atoms with van der Waals surface area (Å²) >= 11 is 0. The molecule has 0 saturated carbocycles. The van der Waals surface area contributed by atoms with Crippen molar-refractivity contribution in [2.45, 2.75) is 25.5 Å². The Morgan fingerprint density at radius 2 is 1.57 bits per heavy atom. The molecule has 1 aliphatic rings. The summed E-state index contributed by atoms with van der Waals surface area (Å²) < 4.78 is 12.2. The summed E-state index contributed by atoms with van der Waals surface area (Å²) in [7, 11) is 1.62. The third-order valence-electron chi connectivity index (χ3n) is 4.46. The lowest BCUT2D eigenvalue weighted by molar-refractivity contribution is -0.208. The van der Waals surface area contributed by atoms with E-state index in [1.165, 1.54) is 5.56 Å². The second-order valence-electron chi connectivity index (χ2n) is 5.64. The minimum absolute atomic E-state index is 0.00357. The fourth-order valence-corrected chi connectivity index (χ4v) is 2.79. The summed E-state index contributed by atoms with van der Waals surface area (Å²) in [6.07, 6.45) is 0.00357. The molecule has 2 unspecified atom stereocenters. The van der Waals surface area contributed by atoms with Gasteiger partial charge in [0.05, 0.1) is 11.6 Å². The summed E-state index contributed by atoms with van der Waals surface area (Å²) in [6, 6.07) is 20.4. The van der Waals surface area contributed by atoms with Gasteiger partial charge in [0.2, 0.25) is 0 Å². The summed E-state index contributed by atoms with van der Waals surface area (Å²) in [5, 5.41) is 1.92. The monoisotopic (exact) mass is 281 g/mol. The van der Waals surface area contributed by atoms with Crippen LogP contribution in [0.5, 0.6) is 0 Å². The van der Waals surface area contributed by atoms with E-state index in [4.69, 9.17) is 9.41 Å². The molecule has 3 rings (SSSR count). The van der Waals surface area contributed by atoms with E-state index in [-0.39, 0.29) is 18.8 Å². The van der Waals surface area contributed by atoms with Crippen LogP contribution >= 0.6 is 0 Å². The number of hydrogen-bond donors (Lipinski definition) is 0. The quantitative estimate of drug-likeness (QED) is 0.790. The maximum absolute atomic E-state index is 6.15. The molecule has 0 radical (unpaired) electrons. The highest BCUT2D eigenvalue weighted by molar-refractivity contribution is 6.61. The molecule has 1 aliphatic heterocycles. The first-order chi connectivity index (χ1) is 10.1. The summed E-state index contributed by atoms with van der Waals surface area (Å²) in [4.78, 5) is 0. The zero-order valence-corrected chi connectivity index (χ0v) is 12.7. The summed E-state index contributed by atoms with van der Waals surface area (Å²) in [6.45, 7) is 4.25. The van der Waals surface area contributed by atoms with Gasteiger partial charge in [0.25, 0.3) is 0 Å². The molecule has 108 valence electrons. The van der Waals surface area contributed by atoms with Crippen LogP contribution < -0.4 is 5.46 Å². The second kappa shape index (κ2) is 5.64. The van der Waals surface area contributed by atoms with Crippen molar-refractivity contribution < 1.29 is 9.41 Å². The van der Waals surface area contributed by atoms with E-state index in [9.17, 15) is 0 Å². The Kier molecular flexibility index (Phi) is 3.85. The van der Waals surface area contributed by atoms with Gasteiger partial charge in [-0.3, -0.25) is 0 Å². The molecular weight excluding hydrogens is 261 g/mol. The Balaban J connectivity index is 1.88. The van der Waals surface area contributed by atoms with Gasteiger partial charge in [-0.15, -0.1) is 0 Å². The molecule has 2 aromatic carbocycles. The Bertz CT molecular complexity index is 578. The average Bonchev–Trinajstić information content (AvgIpc) is 2.54. The smallest absolute Gasteiger partial charge is 0.402 e. The minimum Gasteiger partial charge on any atom is -0.402 e. The molecule has 0 bridgehead atoms. The Hall–Kier alpha value is -1.62. The van der Waals surface area contributed by atoms with Crippen LogP contribution in [0, 0.1) is 0 Å². The van der Waals surface area contributed by atoms with E-state index in [2.05, 4.69) is 26.0 Å².